The topological polar surface area (TPSA) is 155 Å². The normalized spacial score (nSPS) is 10.0. The SMILES string of the molecule is N=CNCCCCC(=O)NCCNC(=O)CNCCNCC(=O)O. The minimum Gasteiger partial charge on any atom is -0.480 e. The van der Waals surface area contributed by atoms with Crippen molar-refractivity contribution in [3.63, 3.8) is 0 Å². The number of hydrogen-bond donors (Lipinski definition) is 7. The summed E-state index contributed by atoms with van der Waals surface area (Å²) in [7, 11) is 0. The maximum absolute atomic E-state index is 11.5. The van der Waals surface area contributed by atoms with E-state index in [9.17, 15) is 14.4 Å². The molecule has 0 aromatic rings. The van der Waals surface area contributed by atoms with Crippen LogP contribution in [-0.2, 0) is 14.4 Å². The molecule has 10 nitrogen and oxygen atoms in total. The molecule has 0 rings (SSSR count). The Kier molecular flexibility index (Phi) is 14.2. The molecule has 0 aliphatic rings. The van der Waals surface area contributed by atoms with E-state index in [4.69, 9.17) is 10.5 Å². The Morgan fingerprint density at radius 2 is 1.46 bits per heavy atom. The van der Waals surface area contributed by atoms with Crippen molar-refractivity contribution >= 4 is 24.1 Å². The lowest BCUT2D eigenvalue weighted by Crippen LogP contribution is -2.40. The van der Waals surface area contributed by atoms with E-state index in [1.165, 1.54) is 0 Å². The molecule has 0 radical (unpaired) electrons. The number of hydrogen-bond acceptors (Lipinski definition) is 6. The molecule has 0 aromatic heterocycles. The molecule has 24 heavy (non-hydrogen) atoms. The first-order chi connectivity index (χ1) is 11.6. The van der Waals surface area contributed by atoms with Gasteiger partial charge < -0.3 is 31.7 Å². The summed E-state index contributed by atoms with van der Waals surface area (Å²) < 4.78 is 0. The molecular weight excluding hydrogens is 316 g/mol. The Labute approximate surface area is 141 Å². The highest BCUT2D eigenvalue weighted by Crippen LogP contribution is 1.93. The molecule has 0 heterocycles. The maximum Gasteiger partial charge on any atom is 0.317 e. The fourth-order valence-corrected chi connectivity index (χ4v) is 1.71. The summed E-state index contributed by atoms with van der Waals surface area (Å²) in [6.45, 7) is 2.42. The minimum atomic E-state index is -0.919. The number of rotatable bonds is 16. The van der Waals surface area contributed by atoms with Crippen LogP contribution in [0, 0.1) is 5.41 Å². The molecule has 0 saturated carbocycles. The van der Waals surface area contributed by atoms with E-state index >= 15 is 0 Å². The van der Waals surface area contributed by atoms with Gasteiger partial charge in [0.05, 0.1) is 19.4 Å². The molecule has 10 heteroatoms. The number of carbonyl (C=O) groups is 3. The van der Waals surface area contributed by atoms with Crippen LogP contribution in [0.3, 0.4) is 0 Å². The lowest BCUT2D eigenvalue weighted by Gasteiger charge is -2.08. The Morgan fingerprint density at radius 1 is 0.833 bits per heavy atom. The van der Waals surface area contributed by atoms with Crippen LogP contribution in [0.25, 0.3) is 0 Å². The molecule has 138 valence electrons. The van der Waals surface area contributed by atoms with Crippen LogP contribution >= 0.6 is 0 Å². The van der Waals surface area contributed by atoms with Crippen LogP contribution in [-0.4, -0.2) is 75.0 Å². The van der Waals surface area contributed by atoms with E-state index in [-0.39, 0.29) is 24.9 Å². The first-order valence-corrected chi connectivity index (χ1v) is 7.95. The largest absolute Gasteiger partial charge is 0.480 e. The van der Waals surface area contributed by atoms with Crippen molar-refractivity contribution in [2.24, 2.45) is 0 Å². The smallest absolute Gasteiger partial charge is 0.317 e. The molecule has 0 aliphatic heterocycles. The second-order valence-corrected chi connectivity index (χ2v) is 5.00. The quantitative estimate of drug-likeness (QED) is 0.0956. The number of carboxylic acids is 1. The molecule has 0 spiro atoms. The number of unbranched alkanes of at least 4 members (excludes halogenated alkanes) is 1. The van der Waals surface area contributed by atoms with Crippen molar-refractivity contribution in [1.82, 2.24) is 26.6 Å². The summed E-state index contributed by atoms with van der Waals surface area (Å²) in [4.78, 5) is 33.2. The average Bonchev–Trinajstić information content (AvgIpc) is 2.54. The van der Waals surface area contributed by atoms with E-state index in [1.54, 1.807) is 0 Å². The predicted molar refractivity (Wildman–Crippen MR) is 90.0 cm³/mol. The summed E-state index contributed by atoms with van der Waals surface area (Å²) in [6, 6.07) is 0. The summed E-state index contributed by atoms with van der Waals surface area (Å²) in [6.07, 6.45) is 3.13. The van der Waals surface area contributed by atoms with Crippen molar-refractivity contribution in [1.29, 1.82) is 5.41 Å². The third-order valence-electron chi connectivity index (χ3n) is 2.89. The number of carboxylic acid groups (broad SMARTS) is 1. The highest BCUT2D eigenvalue weighted by molar-refractivity contribution is 5.78. The second kappa shape index (κ2) is 15.7. The van der Waals surface area contributed by atoms with Gasteiger partial charge in [-0.2, -0.15) is 0 Å². The monoisotopic (exact) mass is 344 g/mol. The summed E-state index contributed by atoms with van der Waals surface area (Å²) in [5, 5.41) is 28.9. The van der Waals surface area contributed by atoms with Gasteiger partial charge in [-0.05, 0) is 12.8 Å². The van der Waals surface area contributed by atoms with E-state index < -0.39 is 5.97 Å². The third kappa shape index (κ3) is 16.2. The van der Waals surface area contributed by atoms with Crippen LogP contribution in [0.2, 0.25) is 0 Å². The van der Waals surface area contributed by atoms with E-state index in [0.717, 1.165) is 19.2 Å². The molecule has 0 bridgehead atoms. The van der Waals surface area contributed by atoms with Crippen LogP contribution in [0.1, 0.15) is 19.3 Å². The highest BCUT2D eigenvalue weighted by atomic mass is 16.4. The third-order valence-corrected chi connectivity index (χ3v) is 2.89. The van der Waals surface area contributed by atoms with Gasteiger partial charge in [0.1, 0.15) is 0 Å². The van der Waals surface area contributed by atoms with Crippen molar-refractivity contribution in [3.05, 3.63) is 0 Å². The van der Waals surface area contributed by atoms with Crippen LogP contribution in [0.5, 0.6) is 0 Å². The van der Waals surface area contributed by atoms with E-state index in [2.05, 4.69) is 26.6 Å². The molecule has 7 N–H and O–H groups in total. The van der Waals surface area contributed by atoms with Crippen molar-refractivity contribution < 1.29 is 19.5 Å². The lowest BCUT2D eigenvalue weighted by atomic mass is 10.2. The minimum absolute atomic E-state index is 0.0540. The molecule has 0 fully saturated rings. The molecule has 0 aliphatic carbocycles. The first-order valence-electron chi connectivity index (χ1n) is 7.95. The first kappa shape index (κ1) is 21.8. The number of amides is 2. The zero-order valence-electron chi connectivity index (χ0n) is 13.8. The second-order valence-electron chi connectivity index (χ2n) is 5.00. The van der Waals surface area contributed by atoms with Gasteiger partial charge in [-0.1, -0.05) is 0 Å². The van der Waals surface area contributed by atoms with Gasteiger partial charge in [-0.25, -0.2) is 0 Å². The van der Waals surface area contributed by atoms with E-state index in [1.807, 2.05) is 0 Å². The number of aliphatic carboxylic acids is 1. The number of nitrogens with one attached hydrogen (secondary N) is 6. The summed E-state index contributed by atoms with van der Waals surface area (Å²) in [5.74, 6) is -1.15. The number of carbonyl (C=O) groups excluding carboxylic acids is 2. The fourth-order valence-electron chi connectivity index (χ4n) is 1.71. The van der Waals surface area contributed by atoms with Gasteiger partial charge in [0.25, 0.3) is 0 Å². The zero-order valence-corrected chi connectivity index (χ0v) is 13.8. The van der Waals surface area contributed by atoms with E-state index in [0.29, 0.717) is 39.1 Å². The zero-order chi connectivity index (χ0) is 18.0. The fraction of sp³-hybridized carbons (Fsp3) is 0.714. The van der Waals surface area contributed by atoms with Gasteiger partial charge in [0.2, 0.25) is 11.8 Å². The Hall–Kier alpha value is -2.20. The van der Waals surface area contributed by atoms with Crippen molar-refractivity contribution in [2.45, 2.75) is 19.3 Å². The summed E-state index contributed by atoms with van der Waals surface area (Å²) in [5.41, 5.74) is 0. The maximum atomic E-state index is 11.5. The van der Waals surface area contributed by atoms with Gasteiger partial charge in [0.15, 0.2) is 0 Å². The van der Waals surface area contributed by atoms with Crippen LogP contribution in [0.4, 0.5) is 0 Å². The molecule has 0 saturated heterocycles. The molecule has 0 atom stereocenters. The van der Waals surface area contributed by atoms with Crippen molar-refractivity contribution in [2.75, 3.05) is 45.8 Å². The average molecular weight is 344 g/mol. The van der Waals surface area contributed by atoms with Crippen molar-refractivity contribution in [3.8, 4) is 0 Å². The Morgan fingerprint density at radius 3 is 2.08 bits per heavy atom. The predicted octanol–water partition coefficient (Wildman–Crippen LogP) is -2.15. The molecule has 2 amide bonds. The summed E-state index contributed by atoms with van der Waals surface area (Å²) >= 11 is 0. The Bertz CT molecular complexity index is 391. The van der Waals surface area contributed by atoms with Crippen LogP contribution in [0.15, 0.2) is 0 Å². The highest BCUT2D eigenvalue weighted by Gasteiger charge is 2.02. The van der Waals surface area contributed by atoms with Gasteiger partial charge in [-0.15, -0.1) is 0 Å². The van der Waals surface area contributed by atoms with Crippen LogP contribution < -0.4 is 26.6 Å². The Balaban J connectivity index is 3.37. The van der Waals surface area contributed by atoms with Gasteiger partial charge >= 0.3 is 5.97 Å². The standard InChI is InChI=1S/C14H28N6O4/c15-11-18-4-2-1-3-12(21)19-7-8-20-13(22)9-16-5-6-17-10-14(23)24/h11,16-17H,1-10H2,(H2,15,18)(H,19,21)(H,20,22)(H,23,24). The van der Waals surface area contributed by atoms with Gasteiger partial charge in [0, 0.05) is 39.1 Å². The lowest BCUT2D eigenvalue weighted by molar-refractivity contribution is -0.136. The molecule has 0 aromatic carbocycles. The van der Waals surface area contributed by atoms with Gasteiger partial charge in [-0.3, -0.25) is 19.8 Å². The molecular formula is C14H28N6O4. The molecule has 0 unspecified atom stereocenters.